The molecule has 2 fully saturated rings. The second-order valence-electron chi connectivity index (χ2n) is 10.9. The fourth-order valence-corrected chi connectivity index (χ4v) is 5.92. The first-order chi connectivity index (χ1) is 18.5. The second-order valence-corrected chi connectivity index (χ2v) is 10.9. The number of nitrogens with one attached hydrogen (secondary N) is 1. The SMILES string of the molecule is CC1(c2ccccc2)N=C(c2ccc(-c3ccc4[nH]ccc4c3)cc2)N([C@@H]2CCN(C(=O)C3CC3)C2)C1=O. The minimum Gasteiger partial charge on any atom is -0.361 e. The Morgan fingerprint density at radius 2 is 1.66 bits per heavy atom. The van der Waals surface area contributed by atoms with Crippen LogP contribution >= 0.6 is 0 Å². The molecule has 3 aromatic carbocycles. The van der Waals surface area contributed by atoms with Crippen molar-refractivity contribution in [2.75, 3.05) is 13.1 Å². The van der Waals surface area contributed by atoms with Crippen LogP contribution in [0.2, 0.25) is 0 Å². The third kappa shape index (κ3) is 3.74. The maximum absolute atomic E-state index is 14.1. The summed E-state index contributed by atoms with van der Waals surface area (Å²) in [7, 11) is 0. The first-order valence-electron chi connectivity index (χ1n) is 13.5. The Balaban J connectivity index is 1.24. The molecule has 1 aliphatic carbocycles. The van der Waals surface area contributed by atoms with Crippen LogP contribution in [0.5, 0.6) is 0 Å². The Morgan fingerprint density at radius 3 is 2.42 bits per heavy atom. The quantitative estimate of drug-likeness (QED) is 0.400. The second kappa shape index (κ2) is 8.69. The van der Waals surface area contributed by atoms with Crippen molar-refractivity contribution in [3.63, 3.8) is 0 Å². The van der Waals surface area contributed by atoms with E-state index in [9.17, 15) is 9.59 Å². The number of carbonyl (C=O) groups is 2. The topological polar surface area (TPSA) is 68.8 Å². The van der Waals surface area contributed by atoms with E-state index in [0.717, 1.165) is 47.0 Å². The zero-order chi connectivity index (χ0) is 25.9. The van der Waals surface area contributed by atoms with Crippen LogP contribution in [0.15, 0.2) is 90.1 Å². The molecule has 38 heavy (non-hydrogen) atoms. The van der Waals surface area contributed by atoms with Gasteiger partial charge < -0.3 is 9.88 Å². The Bertz CT molecular complexity index is 1570. The van der Waals surface area contributed by atoms with Gasteiger partial charge in [0.25, 0.3) is 5.91 Å². The minimum absolute atomic E-state index is 0.0218. The first-order valence-corrected chi connectivity index (χ1v) is 13.5. The van der Waals surface area contributed by atoms with Crippen molar-refractivity contribution in [1.82, 2.24) is 14.8 Å². The molecule has 4 aromatic rings. The van der Waals surface area contributed by atoms with Gasteiger partial charge in [0.05, 0.1) is 6.04 Å². The molecular formula is C32H30N4O2. The molecule has 1 saturated carbocycles. The summed E-state index contributed by atoms with van der Waals surface area (Å²) < 4.78 is 0. The number of H-pyrrole nitrogens is 1. The summed E-state index contributed by atoms with van der Waals surface area (Å²) in [5.74, 6) is 1.10. The van der Waals surface area contributed by atoms with E-state index >= 15 is 0 Å². The lowest BCUT2D eigenvalue weighted by molar-refractivity contribution is -0.134. The summed E-state index contributed by atoms with van der Waals surface area (Å²) in [6.45, 7) is 3.17. The molecule has 2 amide bonds. The van der Waals surface area contributed by atoms with Crippen LogP contribution in [0, 0.1) is 5.92 Å². The van der Waals surface area contributed by atoms with Crippen LogP contribution in [0.1, 0.15) is 37.3 Å². The smallest absolute Gasteiger partial charge is 0.260 e. The zero-order valence-corrected chi connectivity index (χ0v) is 21.4. The number of fused-ring (bicyclic) bond motifs is 1. The molecule has 1 aromatic heterocycles. The molecule has 2 atom stereocenters. The van der Waals surface area contributed by atoms with Gasteiger partial charge in [-0.2, -0.15) is 0 Å². The standard InChI is InChI=1S/C32H30N4O2/c1-32(26-5-3-2-4-6-26)31(38)36(27-16-18-35(20-27)30(37)23-11-12-23)29(34-32)22-9-7-21(8-10-22)24-13-14-28-25(19-24)15-17-33-28/h2-10,13-15,17,19,23,27,33H,11-12,16,18,20H2,1H3/t27-,32?/m1/s1. The Kier molecular flexibility index (Phi) is 5.25. The van der Waals surface area contributed by atoms with Gasteiger partial charge in [0.15, 0.2) is 5.54 Å². The Labute approximate surface area is 222 Å². The number of nitrogens with zero attached hydrogens (tertiary/aromatic N) is 3. The lowest BCUT2D eigenvalue weighted by Gasteiger charge is -2.28. The lowest BCUT2D eigenvalue weighted by atomic mass is 9.92. The molecule has 6 heteroatoms. The third-order valence-corrected chi connectivity index (χ3v) is 8.33. The van der Waals surface area contributed by atoms with Gasteiger partial charge in [0.1, 0.15) is 5.84 Å². The monoisotopic (exact) mass is 502 g/mol. The lowest BCUT2D eigenvalue weighted by Crippen LogP contribution is -2.47. The summed E-state index contributed by atoms with van der Waals surface area (Å²) in [5, 5.41) is 1.17. The number of carbonyl (C=O) groups excluding carboxylic acids is 2. The molecule has 2 aliphatic heterocycles. The summed E-state index contributed by atoms with van der Waals surface area (Å²) in [4.78, 5) is 39.1. The number of likely N-dealkylation sites (tertiary alicyclic amines) is 1. The summed E-state index contributed by atoms with van der Waals surface area (Å²) in [6.07, 6.45) is 4.70. The van der Waals surface area contributed by atoms with E-state index in [2.05, 4.69) is 53.5 Å². The fraction of sp³-hybridized carbons (Fsp3) is 0.281. The van der Waals surface area contributed by atoms with Gasteiger partial charge in [-0.3, -0.25) is 14.5 Å². The van der Waals surface area contributed by atoms with Crippen molar-refractivity contribution in [3.8, 4) is 11.1 Å². The number of amidine groups is 1. The van der Waals surface area contributed by atoms with Crippen molar-refractivity contribution in [2.24, 2.45) is 10.9 Å². The van der Waals surface area contributed by atoms with Crippen molar-refractivity contribution in [2.45, 2.75) is 37.8 Å². The van der Waals surface area contributed by atoms with E-state index in [0.29, 0.717) is 18.9 Å². The summed E-state index contributed by atoms with van der Waals surface area (Å²) in [6, 6.07) is 26.5. The van der Waals surface area contributed by atoms with Crippen LogP contribution in [-0.4, -0.2) is 51.6 Å². The van der Waals surface area contributed by atoms with Gasteiger partial charge in [-0.05, 0) is 66.5 Å². The molecule has 0 radical (unpaired) electrons. The molecule has 3 aliphatic rings. The predicted molar refractivity (Wildman–Crippen MR) is 149 cm³/mol. The number of amides is 2. The predicted octanol–water partition coefficient (Wildman–Crippen LogP) is 5.35. The molecule has 3 heterocycles. The number of benzene rings is 3. The summed E-state index contributed by atoms with van der Waals surface area (Å²) >= 11 is 0. The highest BCUT2D eigenvalue weighted by Gasteiger charge is 2.50. The molecule has 1 saturated heterocycles. The van der Waals surface area contributed by atoms with Gasteiger partial charge in [-0.15, -0.1) is 0 Å². The van der Waals surface area contributed by atoms with Crippen LogP contribution in [-0.2, 0) is 15.1 Å². The number of aliphatic imine (C=N–C) groups is 1. The average molecular weight is 503 g/mol. The van der Waals surface area contributed by atoms with Gasteiger partial charge in [-0.25, -0.2) is 4.99 Å². The molecule has 1 N–H and O–H groups in total. The molecule has 1 unspecified atom stereocenters. The summed E-state index contributed by atoms with van der Waals surface area (Å²) in [5.41, 5.74) is 4.17. The fourth-order valence-electron chi connectivity index (χ4n) is 5.92. The molecule has 0 bridgehead atoms. The first kappa shape index (κ1) is 23.0. The highest BCUT2D eigenvalue weighted by molar-refractivity contribution is 6.15. The molecule has 7 rings (SSSR count). The molecular weight excluding hydrogens is 472 g/mol. The zero-order valence-electron chi connectivity index (χ0n) is 21.4. The maximum atomic E-state index is 14.1. The van der Waals surface area contributed by atoms with E-state index in [-0.39, 0.29) is 23.8 Å². The van der Waals surface area contributed by atoms with Crippen LogP contribution in [0.4, 0.5) is 0 Å². The largest absolute Gasteiger partial charge is 0.361 e. The molecule has 0 spiro atoms. The number of hydrogen-bond acceptors (Lipinski definition) is 3. The van der Waals surface area contributed by atoms with Crippen molar-refractivity contribution in [3.05, 3.63) is 96.2 Å². The maximum Gasteiger partial charge on any atom is 0.260 e. The number of rotatable bonds is 5. The number of aromatic amines is 1. The van der Waals surface area contributed by atoms with Crippen molar-refractivity contribution in [1.29, 1.82) is 0 Å². The highest BCUT2D eigenvalue weighted by Crippen LogP contribution is 2.39. The van der Waals surface area contributed by atoms with Gasteiger partial charge >= 0.3 is 0 Å². The van der Waals surface area contributed by atoms with Crippen LogP contribution in [0.3, 0.4) is 0 Å². The van der Waals surface area contributed by atoms with Gasteiger partial charge in [-0.1, -0.05) is 60.7 Å². The van der Waals surface area contributed by atoms with Crippen LogP contribution < -0.4 is 0 Å². The third-order valence-electron chi connectivity index (χ3n) is 8.33. The number of hydrogen-bond donors (Lipinski definition) is 1. The Morgan fingerprint density at radius 1 is 0.921 bits per heavy atom. The van der Waals surface area contributed by atoms with Crippen LogP contribution in [0.25, 0.3) is 22.0 Å². The number of aromatic nitrogens is 1. The molecule has 6 nitrogen and oxygen atoms in total. The van der Waals surface area contributed by atoms with E-state index < -0.39 is 5.54 Å². The van der Waals surface area contributed by atoms with E-state index in [1.807, 2.05) is 53.3 Å². The van der Waals surface area contributed by atoms with E-state index in [4.69, 9.17) is 4.99 Å². The van der Waals surface area contributed by atoms with Gasteiger partial charge in [0, 0.05) is 36.3 Å². The Hall–Kier alpha value is -4.19. The van der Waals surface area contributed by atoms with E-state index in [1.165, 1.54) is 5.39 Å². The normalized spacial score (nSPS) is 23.3. The van der Waals surface area contributed by atoms with E-state index in [1.54, 1.807) is 0 Å². The molecule has 190 valence electrons. The average Bonchev–Trinajstić information content (AvgIpc) is 3.38. The highest BCUT2D eigenvalue weighted by atomic mass is 16.2. The van der Waals surface area contributed by atoms with Gasteiger partial charge in [0.2, 0.25) is 5.91 Å². The minimum atomic E-state index is -0.998. The van der Waals surface area contributed by atoms with Crippen molar-refractivity contribution >= 4 is 28.6 Å². The van der Waals surface area contributed by atoms with Crippen molar-refractivity contribution < 1.29 is 9.59 Å².